The number of hydrogen-bond acceptors (Lipinski definition) is 7. The Balaban J connectivity index is 1.63. The molecule has 2 N–H and O–H groups in total. The Hall–Kier alpha value is -3.66. The van der Waals surface area contributed by atoms with E-state index >= 15 is 0 Å². The maximum absolute atomic E-state index is 12.4. The lowest BCUT2D eigenvalue weighted by Crippen LogP contribution is -2.41. The smallest absolute Gasteiger partial charge is 0.167 e. The van der Waals surface area contributed by atoms with E-state index in [-0.39, 0.29) is 41.8 Å². The van der Waals surface area contributed by atoms with Gasteiger partial charge in [0.2, 0.25) is 0 Å². The number of carbonyl (C=O) groups is 1. The van der Waals surface area contributed by atoms with E-state index in [1.807, 2.05) is 58.3 Å². The summed E-state index contributed by atoms with van der Waals surface area (Å²) < 4.78 is 27.2. The molecule has 0 aliphatic carbocycles. The number of ketones is 1. The first-order chi connectivity index (χ1) is 15.3. The first-order valence-corrected chi connectivity index (χ1v) is 12.0. The van der Waals surface area contributed by atoms with Crippen LogP contribution in [0.15, 0.2) is 55.0 Å². The molecule has 0 saturated carbocycles. The summed E-state index contributed by atoms with van der Waals surface area (Å²) in [4.78, 5) is 19.0. The highest BCUT2D eigenvalue weighted by Gasteiger charge is 2.28. The largest absolute Gasteiger partial charge is 0.383 e. The number of fused-ring (bicyclic) bond motifs is 1. The van der Waals surface area contributed by atoms with Crippen LogP contribution in [0, 0.1) is 0 Å². The zero-order chi connectivity index (χ0) is 22.5. The molecule has 1 aromatic carbocycles. The average Bonchev–Trinajstić information content (AvgIpc) is 3.41. The minimum absolute atomic E-state index is 0.0170. The molecule has 1 aliphatic heterocycles. The van der Waals surface area contributed by atoms with Crippen molar-refractivity contribution >= 4 is 32.9 Å². The third-order valence-electron chi connectivity index (χ3n) is 5.72. The Morgan fingerprint density at radius 3 is 2.50 bits per heavy atom. The minimum Gasteiger partial charge on any atom is -0.383 e. The lowest BCUT2D eigenvalue weighted by atomic mass is 10.1. The number of hydrogen-bond donors (Lipinski definition) is 1. The fourth-order valence-corrected chi connectivity index (χ4v) is 5.21. The number of rotatable bonds is 4. The second-order valence-electron chi connectivity index (χ2n) is 7.83. The number of nitrogens with two attached hydrogens (primary N) is 1. The second-order valence-corrected chi connectivity index (χ2v) is 10.1. The van der Waals surface area contributed by atoms with Gasteiger partial charge in [0.15, 0.2) is 21.3 Å². The van der Waals surface area contributed by atoms with Gasteiger partial charge in [-0.3, -0.25) is 4.79 Å². The van der Waals surface area contributed by atoms with Crippen LogP contribution in [0.25, 0.3) is 22.5 Å². The van der Waals surface area contributed by atoms with Crippen LogP contribution in [0.3, 0.4) is 0 Å². The SMILES string of the molecule is CC(=O)c1c(N2CCS(=O)(=O)CC2)nc2c(-c3ccn(-c4ccccc4)c3)cnn2c1N. The molecule has 164 valence electrons. The summed E-state index contributed by atoms with van der Waals surface area (Å²) in [5, 5.41) is 4.38. The summed E-state index contributed by atoms with van der Waals surface area (Å²) in [5.74, 6) is 0.390. The molecule has 1 saturated heterocycles. The van der Waals surface area contributed by atoms with E-state index in [9.17, 15) is 13.2 Å². The third-order valence-corrected chi connectivity index (χ3v) is 7.33. The van der Waals surface area contributed by atoms with Crippen molar-refractivity contribution in [2.24, 2.45) is 0 Å². The number of anilines is 2. The van der Waals surface area contributed by atoms with Crippen LogP contribution in [0.2, 0.25) is 0 Å². The molecule has 32 heavy (non-hydrogen) atoms. The molecule has 9 nitrogen and oxygen atoms in total. The first-order valence-electron chi connectivity index (χ1n) is 10.2. The molecule has 0 radical (unpaired) electrons. The zero-order valence-electron chi connectivity index (χ0n) is 17.5. The van der Waals surface area contributed by atoms with Crippen molar-refractivity contribution in [1.82, 2.24) is 19.2 Å². The average molecular weight is 451 g/mol. The molecule has 0 atom stereocenters. The molecular weight excluding hydrogens is 428 g/mol. The Kier molecular flexibility index (Phi) is 4.74. The summed E-state index contributed by atoms with van der Waals surface area (Å²) in [6, 6.07) is 11.9. The predicted octanol–water partition coefficient (Wildman–Crippen LogP) is 2.21. The van der Waals surface area contributed by atoms with Crippen molar-refractivity contribution in [3.8, 4) is 16.8 Å². The third kappa shape index (κ3) is 3.42. The van der Waals surface area contributed by atoms with Gasteiger partial charge in [0.05, 0.1) is 17.7 Å². The summed E-state index contributed by atoms with van der Waals surface area (Å²) in [5.41, 5.74) is 9.83. The summed E-state index contributed by atoms with van der Waals surface area (Å²) in [6.45, 7) is 1.95. The monoisotopic (exact) mass is 450 g/mol. The van der Waals surface area contributed by atoms with Gasteiger partial charge >= 0.3 is 0 Å². The van der Waals surface area contributed by atoms with Gasteiger partial charge < -0.3 is 15.2 Å². The molecule has 4 aromatic rings. The molecule has 0 bridgehead atoms. The molecule has 0 amide bonds. The normalized spacial score (nSPS) is 15.8. The minimum atomic E-state index is -3.08. The second kappa shape index (κ2) is 7.49. The Labute approximate surface area is 185 Å². The fourth-order valence-electron chi connectivity index (χ4n) is 4.01. The predicted molar refractivity (Wildman–Crippen MR) is 123 cm³/mol. The molecule has 0 unspecified atom stereocenters. The number of carbonyl (C=O) groups excluding carboxylic acids is 1. The number of aromatic nitrogens is 4. The standard InChI is InChI=1S/C22H22N6O3S/c1-15(29)19-20(23)28-21(25-22(19)26-9-11-32(30,31)12-10-26)18(13-24-28)16-7-8-27(14-16)17-5-3-2-4-6-17/h2-8,13-14H,9-12,23H2,1H3. The molecule has 3 aromatic heterocycles. The van der Waals surface area contributed by atoms with E-state index in [1.54, 1.807) is 6.20 Å². The van der Waals surface area contributed by atoms with Crippen molar-refractivity contribution < 1.29 is 13.2 Å². The van der Waals surface area contributed by atoms with E-state index in [1.165, 1.54) is 11.4 Å². The van der Waals surface area contributed by atoms with Crippen molar-refractivity contribution in [1.29, 1.82) is 0 Å². The van der Waals surface area contributed by atoms with Gasteiger partial charge in [0.25, 0.3) is 0 Å². The van der Waals surface area contributed by atoms with Crippen LogP contribution in [0.1, 0.15) is 17.3 Å². The number of para-hydroxylation sites is 1. The number of Topliss-reactive ketones (excluding diaryl/α,β-unsaturated/α-hetero) is 1. The van der Waals surface area contributed by atoms with Crippen molar-refractivity contribution in [2.45, 2.75) is 6.92 Å². The Morgan fingerprint density at radius 1 is 1.09 bits per heavy atom. The maximum Gasteiger partial charge on any atom is 0.167 e. The van der Waals surface area contributed by atoms with E-state index in [0.29, 0.717) is 11.5 Å². The molecule has 1 aliphatic rings. The van der Waals surface area contributed by atoms with E-state index in [2.05, 4.69) is 5.10 Å². The molecule has 10 heteroatoms. The summed E-state index contributed by atoms with van der Waals surface area (Å²) in [7, 11) is -3.08. The van der Waals surface area contributed by atoms with Crippen LogP contribution in [0.5, 0.6) is 0 Å². The number of nitrogens with zero attached hydrogens (tertiary/aromatic N) is 5. The number of nitrogen functional groups attached to an aromatic ring is 1. The van der Waals surface area contributed by atoms with Gasteiger partial charge in [0, 0.05) is 42.3 Å². The van der Waals surface area contributed by atoms with Gasteiger partial charge in [0.1, 0.15) is 17.2 Å². The lowest BCUT2D eigenvalue weighted by molar-refractivity contribution is 0.101. The molecule has 4 heterocycles. The van der Waals surface area contributed by atoms with Crippen molar-refractivity contribution in [3.05, 3.63) is 60.6 Å². The highest BCUT2D eigenvalue weighted by atomic mass is 32.2. The highest BCUT2D eigenvalue weighted by Crippen LogP contribution is 2.32. The number of benzene rings is 1. The molecule has 1 fully saturated rings. The van der Waals surface area contributed by atoms with E-state index < -0.39 is 9.84 Å². The Morgan fingerprint density at radius 2 is 1.81 bits per heavy atom. The highest BCUT2D eigenvalue weighted by molar-refractivity contribution is 7.91. The van der Waals surface area contributed by atoms with Crippen LogP contribution in [0.4, 0.5) is 11.6 Å². The quantitative estimate of drug-likeness (QED) is 0.474. The molecule has 5 rings (SSSR count). The van der Waals surface area contributed by atoms with Crippen LogP contribution >= 0.6 is 0 Å². The van der Waals surface area contributed by atoms with Gasteiger partial charge in [-0.2, -0.15) is 9.61 Å². The van der Waals surface area contributed by atoms with Crippen LogP contribution < -0.4 is 10.6 Å². The fraction of sp³-hybridized carbons (Fsp3) is 0.227. The zero-order valence-corrected chi connectivity index (χ0v) is 18.3. The van der Waals surface area contributed by atoms with E-state index in [4.69, 9.17) is 10.7 Å². The van der Waals surface area contributed by atoms with Gasteiger partial charge in [-0.25, -0.2) is 13.4 Å². The maximum atomic E-state index is 12.4. The number of sulfone groups is 1. The van der Waals surface area contributed by atoms with Crippen molar-refractivity contribution in [2.75, 3.05) is 35.2 Å². The van der Waals surface area contributed by atoms with Gasteiger partial charge in [-0.05, 0) is 25.1 Å². The van der Waals surface area contributed by atoms with E-state index in [0.717, 1.165) is 16.8 Å². The molecule has 0 spiro atoms. The first kappa shape index (κ1) is 20.3. The van der Waals surface area contributed by atoms with Crippen molar-refractivity contribution in [3.63, 3.8) is 0 Å². The molecular formula is C22H22N6O3S. The summed E-state index contributed by atoms with van der Waals surface area (Å²) in [6.07, 6.45) is 5.62. The topological polar surface area (TPSA) is 116 Å². The Bertz CT molecular complexity index is 1430. The van der Waals surface area contributed by atoms with Crippen LogP contribution in [-0.2, 0) is 9.84 Å². The summed E-state index contributed by atoms with van der Waals surface area (Å²) >= 11 is 0. The van der Waals surface area contributed by atoms with Gasteiger partial charge in [-0.1, -0.05) is 18.2 Å². The van der Waals surface area contributed by atoms with Crippen LogP contribution in [-0.4, -0.2) is 58.0 Å². The van der Waals surface area contributed by atoms with Gasteiger partial charge in [-0.15, -0.1) is 0 Å². The lowest BCUT2D eigenvalue weighted by Gasteiger charge is -2.29.